The van der Waals surface area contributed by atoms with Crippen molar-refractivity contribution in [2.75, 3.05) is 18.8 Å². The summed E-state index contributed by atoms with van der Waals surface area (Å²) in [6, 6.07) is 1.43. The minimum absolute atomic E-state index is 0.0284. The van der Waals surface area contributed by atoms with Gasteiger partial charge in [-0.05, 0) is 12.8 Å². The highest BCUT2D eigenvalue weighted by atomic mass is 32.2. The van der Waals surface area contributed by atoms with E-state index >= 15 is 0 Å². The zero-order valence-corrected chi connectivity index (χ0v) is 10.9. The van der Waals surface area contributed by atoms with E-state index in [9.17, 15) is 9.59 Å². The van der Waals surface area contributed by atoms with Crippen molar-refractivity contribution in [2.45, 2.75) is 30.5 Å². The van der Waals surface area contributed by atoms with Gasteiger partial charge in [-0.1, -0.05) is 11.8 Å². The number of rotatable bonds is 2. The van der Waals surface area contributed by atoms with Gasteiger partial charge >= 0.3 is 0 Å². The molecule has 1 unspecified atom stereocenters. The van der Waals surface area contributed by atoms with E-state index in [2.05, 4.69) is 4.98 Å². The van der Waals surface area contributed by atoms with Crippen molar-refractivity contribution in [1.82, 2.24) is 14.5 Å². The molecule has 0 spiro atoms. The predicted molar refractivity (Wildman–Crippen MR) is 68.7 cm³/mol. The molecule has 0 aliphatic carbocycles. The number of likely N-dealkylation sites (tertiary alicyclic amines) is 1. The van der Waals surface area contributed by atoms with E-state index in [0.717, 1.165) is 36.8 Å². The third-order valence-electron chi connectivity index (χ3n) is 3.48. The second-order valence-electron chi connectivity index (χ2n) is 4.69. The number of carbonyl (C=O) groups is 1. The molecule has 1 atom stereocenters. The summed E-state index contributed by atoms with van der Waals surface area (Å²) >= 11 is 1.56. The summed E-state index contributed by atoms with van der Waals surface area (Å²) in [7, 11) is 0. The molecule has 2 aliphatic heterocycles. The molecule has 0 aromatic carbocycles. The number of aromatic nitrogens is 2. The first-order valence-corrected chi connectivity index (χ1v) is 7.22. The number of thioether (sulfide) groups is 1. The molecular weight excluding hydrogens is 250 g/mol. The lowest BCUT2D eigenvalue weighted by molar-refractivity contribution is -0.130. The fourth-order valence-corrected chi connectivity index (χ4v) is 3.66. The Labute approximate surface area is 109 Å². The molecule has 1 amide bonds. The normalized spacial score (nSPS) is 22.2. The Bertz CT molecular complexity index is 522. The molecule has 1 aromatic rings. The fourth-order valence-electron chi connectivity index (χ4n) is 2.54. The molecule has 18 heavy (non-hydrogen) atoms. The molecular formula is C12H15N3O2S. The van der Waals surface area contributed by atoms with Crippen molar-refractivity contribution in [3.8, 4) is 0 Å². The summed E-state index contributed by atoms with van der Waals surface area (Å²) in [5.74, 6) is 0.938. The van der Waals surface area contributed by atoms with Crippen LogP contribution in [0.4, 0.5) is 0 Å². The van der Waals surface area contributed by atoms with Gasteiger partial charge in [-0.3, -0.25) is 14.2 Å². The lowest BCUT2D eigenvalue weighted by Crippen LogP contribution is -2.32. The van der Waals surface area contributed by atoms with E-state index in [0.29, 0.717) is 6.42 Å². The number of hydrogen-bond donors (Lipinski definition) is 0. The molecule has 0 bridgehead atoms. The average molecular weight is 265 g/mol. The minimum Gasteiger partial charge on any atom is -0.343 e. The summed E-state index contributed by atoms with van der Waals surface area (Å²) in [5.41, 5.74) is -0.0516. The molecule has 3 heterocycles. The first-order chi connectivity index (χ1) is 8.75. The van der Waals surface area contributed by atoms with Gasteiger partial charge in [-0.25, -0.2) is 4.98 Å². The van der Waals surface area contributed by atoms with Gasteiger partial charge in [0.05, 0.1) is 6.04 Å². The van der Waals surface area contributed by atoms with Gasteiger partial charge in [0.1, 0.15) is 0 Å². The van der Waals surface area contributed by atoms with E-state index in [4.69, 9.17) is 0 Å². The zero-order chi connectivity index (χ0) is 12.5. The Morgan fingerprint density at radius 1 is 1.44 bits per heavy atom. The standard InChI is InChI=1S/C12H15N3O2S/c16-10-3-4-13-12-15(10)9(8-18-12)7-11(17)14-5-1-2-6-14/h3-4,9H,1-2,5-8H2. The lowest BCUT2D eigenvalue weighted by Gasteiger charge is -2.18. The van der Waals surface area contributed by atoms with Gasteiger partial charge in [-0.15, -0.1) is 0 Å². The van der Waals surface area contributed by atoms with Crippen molar-refractivity contribution >= 4 is 17.7 Å². The highest BCUT2D eigenvalue weighted by molar-refractivity contribution is 7.99. The second-order valence-corrected chi connectivity index (χ2v) is 5.68. The van der Waals surface area contributed by atoms with Crippen molar-refractivity contribution < 1.29 is 4.79 Å². The van der Waals surface area contributed by atoms with Crippen LogP contribution in [0.25, 0.3) is 0 Å². The van der Waals surface area contributed by atoms with Crippen LogP contribution in [0, 0.1) is 0 Å². The van der Waals surface area contributed by atoms with Crippen LogP contribution in [0.2, 0.25) is 0 Å². The molecule has 0 radical (unpaired) electrons. The lowest BCUT2D eigenvalue weighted by atomic mass is 10.2. The third-order valence-corrected chi connectivity index (χ3v) is 4.60. The Morgan fingerprint density at radius 2 is 2.22 bits per heavy atom. The van der Waals surface area contributed by atoms with Crippen LogP contribution in [0.1, 0.15) is 25.3 Å². The number of fused-ring (bicyclic) bond motifs is 1. The van der Waals surface area contributed by atoms with Gasteiger partial charge in [-0.2, -0.15) is 0 Å². The maximum absolute atomic E-state index is 12.1. The zero-order valence-electron chi connectivity index (χ0n) is 10.0. The third kappa shape index (κ3) is 2.05. The maximum Gasteiger partial charge on any atom is 0.254 e. The van der Waals surface area contributed by atoms with Crippen molar-refractivity contribution in [1.29, 1.82) is 0 Å². The maximum atomic E-state index is 12.1. The molecule has 1 fully saturated rings. The molecule has 96 valence electrons. The Balaban J connectivity index is 1.76. The van der Waals surface area contributed by atoms with Crippen molar-refractivity contribution in [3.63, 3.8) is 0 Å². The molecule has 5 nitrogen and oxygen atoms in total. The smallest absolute Gasteiger partial charge is 0.254 e. The quantitative estimate of drug-likeness (QED) is 0.746. The first-order valence-electron chi connectivity index (χ1n) is 6.24. The Morgan fingerprint density at radius 3 is 3.00 bits per heavy atom. The SMILES string of the molecule is O=C(CC1CSc2nccc(=O)n21)N1CCCC1. The molecule has 0 saturated carbocycles. The van der Waals surface area contributed by atoms with Gasteiger partial charge in [0.25, 0.3) is 5.56 Å². The summed E-state index contributed by atoms with van der Waals surface area (Å²) in [6.07, 6.45) is 4.16. The van der Waals surface area contributed by atoms with E-state index in [1.807, 2.05) is 4.90 Å². The van der Waals surface area contributed by atoms with Gasteiger partial charge in [0.2, 0.25) is 5.91 Å². The minimum atomic E-state index is -0.0516. The molecule has 0 N–H and O–H groups in total. The van der Waals surface area contributed by atoms with Crippen LogP contribution >= 0.6 is 11.8 Å². The van der Waals surface area contributed by atoms with Crippen LogP contribution < -0.4 is 5.56 Å². The number of amides is 1. The van der Waals surface area contributed by atoms with E-state index < -0.39 is 0 Å². The second kappa shape index (κ2) is 4.76. The number of hydrogen-bond acceptors (Lipinski definition) is 4. The topological polar surface area (TPSA) is 55.2 Å². The predicted octanol–water partition coefficient (Wildman–Crippen LogP) is 0.903. The first kappa shape index (κ1) is 11.8. The van der Waals surface area contributed by atoms with E-state index in [1.54, 1.807) is 16.3 Å². The largest absolute Gasteiger partial charge is 0.343 e. The van der Waals surface area contributed by atoms with Crippen LogP contribution in [-0.4, -0.2) is 39.2 Å². The average Bonchev–Trinajstić information content (AvgIpc) is 2.99. The van der Waals surface area contributed by atoms with Crippen molar-refractivity contribution in [2.24, 2.45) is 0 Å². The van der Waals surface area contributed by atoms with Crippen LogP contribution in [0.15, 0.2) is 22.2 Å². The van der Waals surface area contributed by atoms with E-state index in [-0.39, 0.29) is 17.5 Å². The fraction of sp³-hybridized carbons (Fsp3) is 0.583. The van der Waals surface area contributed by atoms with Crippen LogP contribution in [0.3, 0.4) is 0 Å². The summed E-state index contributed by atoms with van der Waals surface area (Å²) in [5, 5.41) is 0.738. The van der Waals surface area contributed by atoms with Gasteiger partial charge in [0.15, 0.2) is 5.16 Å². The highest BCUT2D eigenvalue weighted by Gasteiger charge is 2.29. The monoisotopic (exact) mass is 265 g/mol. The summed E-state index contributed by atoms with van der Waals surface area (Å²) in [6.45, 7) is 1.74. The van der Waals surface area contributed by atoms with Crippen LogP contribution in [0.5, 0.6) is 0 Å². The van der Waals surface area contributed by atoms with E-state index in [1.165, 1.54) is 12.3 Å². The molecule has 6 heteroatoms. The molecule has 3 rings (SSSR count). The van der Waals surface area contributed by atoms with Gasteiger partial charge < -0.3 is 4.90 Å². The number of carbonyl (C=O) groups excluding carboxylic acids is 1. The van der Waals surface area contributed by atoms with Crippen molar-refractivity contribution in [3.05, 3.63) is 22.6 Å². The molecule has 2 aliphatic rings. The highest BCUT2D eigenvalue weighted by Crippen LogP contribution is 2.32. The Hall–Kier alpha value is -1.30. The number of nitrogens with zero attached hydrogens (tertiary/aromatic N) is 3. The van der Waals surface area contributed by atoms with Crippen LogP contribution in [-0.2, 0) is 4.79 Å². The molecule has 1 aromatic heterocycles. The summed E-state index contributed by atoms with van der Waals surface area (Å²) in [4.78, 5) is 30.0. The van der Waals surface area contributed by atoms with Gasteiger partial charge in [0, 0.05) is 37.5 Å². The molecule has 1 saturated heterocycles. The summed E-state index contributed by atoms with van der Waals surface area (Å²) < 4.78 is 1.67. The Kier molecular flexibility index (Phi) is 3.11.